The van der Waals surface area contributed by atoms with Gasteiger partial charge in [-0.15, -0.1) is 0 Å². The van der Waals surface area contributed by atoms with Gasteiger partial charge in [0.1, 0.15) is 6.26 Å². The molecule has 0 aliphatic heterocycles. The number of ether oxygens (including phenoxy) is 1. The zero-order valence-electron chi connectivity index (χ0n) is 23.4. The van der Waals surface area contributed by atoms with E-state index >= 15 is 0 Å². The maximum Gasteiger partial charge on any atom is 0.360 e. The van der Waals surface area contributed by atoms with Crippen LogP contribution in [0, 0.1) is 17.3 Å². The largest absolute Gasteiger partial charge is 0.464 e. The molecule has 0 spiro atoms. The molecule has 7 heteroatoms. The number of esters is 1. The quantitative estimate of drug-likeness (QED) is 0.140. The summed E-state index contributed by atoms with van der Waals surface area (Å²) in [5.74, 6) is 0.824. The highest BCUT2D eigenvalue weighted by atomic mass is 28.4. The standard InChI is InChI=1S/C29H45NO5Si/c1-10-14-25(35-36(8,9)28(2,3)4)29(5,6)24(31)17-13-16-22-19-21(22)15-11-12-18-26-30-23(20-34-26)27(32)33-7/h10-16,18,20-22,24-25,31H,17,19H2,1-9H3/b14-10+,15-11+,16-13-,18-12-/t21-,22+,24?,25?/m1/s1. The van der Waals surface area contributed by atoms with Crippen molar-refractivity contribution >= 4 is 20.4 Å². The second-order valence-electron chi connectivity index (χ2n) is 11.7. The van der Waals surface area contributed by atoms with Crippen molar-refractivity contribution < 1.29 is 23.5 Å². The van der Waals surface area contributed by atoms with Gasteiger partial charge in [-0.1, -0.05) is 77.2 Å². The number of carbonyl (C=O) groups is 1. The molecule has 1 heterocycles. The lowest BCUT2D eigenvalue weighted by Crippen LogP contribution is -2.50. The van der Waals surface area contributed by atoms with Gasteiger partial charge in [-0.25, -0.2) is 9.78 Å². The van der Waals surface area contributed by atoms with Gasteiger partial charge in [0.15, 0.2) is 14.0 Å². The summed E-state index contributed by atoms with van der Waals surface area (Å²) in [7, 11) is -0.669. The summed E-state index contributed by atoms with van der Waals surface area (Å²) in [4.78, 5) is 15.5. The molecule has 0 radical (unpaired) electrons. The maximum absolute atomic E-state index is 11.4. The summed E-state index contributed by atoms with van der Waals surface area (Å²) >= 11 is 0. The average molecular weight is 516 g/mol. The van der Waals surface area contributed by atoms with E-state index in [1.807, 2.05) is 25.2 Å². The first kappa shape index (κ1) is 30.0. The van der Waals surface area contributed by atoms with Crippen LogP contribution < -0.4 is 0 Å². The molecule has 0 aromatic carbocycles. The van der Waals surface area contributed by atoms with Crippen molar-refractivity contribution in [1.82, 2.24) is 4.98 Å². The number of aliphatic hydroxyl groups is 1. The first-order chi connectivity index (χ1) is 16.7. The van der Waals surface area contributed by atoms with Gasteiger partial charge < -0.3 is 18.7 Å². The minimum atomic E-state index is -1.98. The highest BCUT2D eigenvalue weighted by molar-refractivity contribution is 6.74. The molecular formula is C29H45NO5Si. The van der Waals surface area contributed by atoms with Crippen LogP contribution in [0.3, 0.4) is 0 Å². The Hall–Kier alpha value is -2.22. The molecule has 2 unspecified atom stereocenters. The van der Waals surface area contributed by atoms with Gasteiger partial charge in [0.05, 0.1) is 19.3 Å². The van der Waals surface area contributed by atoms with E-state index in [0.717, 1.165) is 6.42 Å². The highest BCUT2D eigenvalue weighted by Gasteiger charge is 2.44. The van der Waals surface area contributed by atoms with E-state index in [1.54, 1.807) is 6.08 Å². The third-order valence-corrected chi connectivity index (χ3v) is 11.9. The maximum atomic E-state index is 11.4. The van der Waals surface area contributed by atoms with Crippen molar-refractivity contribution in [1.29, 1.82) is 0 Å². The lowest BCUT2D eigenvalue weighted by molar-refractivity contribution is -0.0181. The molecule has 1 aliphatic rings. The van der Waals surface area contributed by atoms with Crippen molar-refractivity contribution in [3.05, 3.63) is 60.4 Å². The molecule has 1 aromatic heterocycles. The second kappa shape index (κ2) is 12.3. The number of nitrogens with zero attached hydrogens (tertiary/aromatic N) is 1. The molecule has 1 fully saturated rings. The van der Waals surface area contributed by atoms with Gasteiger partial charge in [0.2, 0.25) is 5.89 Å². The molecule has 6 nitrogen and oxygen atoms in total. The first-order valence-electron chi connectivity index (χ1n) is 12.8. The summed E-state index contributed by atoms with van der Waals surface area (Å²) < 4.78 is 16.6. The topological polar surface area (TPSA) is 81.8 Å². The van der Waals surface area contributed by atoms with Gasteiger partial charge >= 0.3 is 5.97 Å². The molecule has 0 amide bonds. The monoisotopic (exact) mass is 515 g/mol. The molecular weight excluding hydrogens is 470 g/mol. The molecule has 0 bridgehead atoms. The Morgan fingerprint density at radius 1 is 1.22 bits per heavy atom. The normalized spacial score (nSPS) is 21.2. The first-order valence-corrected chi connectivity index (χ1v) is 15.7. The van der Waals surface area contributed by atoms with Crippen molar-refractivity contribution in [3.8, 4) is 0 Å². The lowest BCUT2D eigenvalue weighted by Gasteiger charge is -2.44. The van der Waals surface area contributed by atoms with Gasteiger partial charge in [0, 0.05) is 11.5 Å². The summed E-state index contributed by atoms with van der Waals surface area (Å²) in [5.41, 5.74) is -0.254. The number of hydrogen-bond acceptors (Lipinski definition) is 6. The Morgan fingerprint density at radius 3 is 2.50 bits per heavy atom. The van der Waals surface area contributed by atoms with Crippen LogP contribution in [0.2, 0.25) is 18.1 Å². The molecule has 4 atom stereocenters. The molecule has 36 heavy (non-hydrogen) atoms. The number of aliphatic hydroxyl groups excluding tert-OH is 1. The van der Waals surface area contributed by atoms with Crippen LogP contribution in [-0.4, -0.2) is 43.7 Å². The van der Waals surface area contributed by atoms with Crippen LogP contribution in [0.15, 0.2) is 53.2 Å². The van der Waals surface area contributed by atoms with Crippen molar-refractivity contribution in [3.63, 3.8) is 0 Å². The number of carbonyl (C=O) groups excluding carboxylic acids is 1. The van der Waals surface area contributed by atoms with E-state index in [2.05, 4.69) is 81.7 Å². The molecule has 0 saturated heterocycles. The van der Waals surface area contributed by atoms with E-state index < -0.39 is 25.8 Å². The number of aromatic nitrogens is 1. The van der Waals surface area contributed by atoms with Crippen molar-refractivity contribution in [2.75, 3.05) is 7.11 Å². The zero-order valence-corrected chi connectivity index (χ0v) is 24.4. The molecule has 1 aromatic rings. The Bertz CT molecular complexity index is 980. The average Bonchev–Trinajstić information content (AvgIpc) is 3.36. The zero-order chi connectivity index (χ0) is 27.1. The van der Waals surface area contributed by atoms with Crippen molar-refractivity contribution in [2.45, 2.75) is 84.7 Å². The van der Waals surface area contributed by atoms with Gasteiger partial charge in [-0.05, 0) is 49.7 Å². The third kappa shape index (κ3) is 8.15. The highest BCUT2D eigenvalue weighted by Crippen LogP contribution is 2.42. The molecule has 1 saturated carbocycles. The molecule has 1 aliphatic carbocycles. The van der Waals surface area contributed by atoms with Crippen LogP contribution in [0.5, 0.6) is 0 Å². The second-order valence-corrected chi connectivity index (χ2v) is 16.5. The lowest BCUT2D eigenvalue weighted by atomic mass is 9.79. The van der Waals surface area contributed by atoms with Crippen LogP contribution in [0.4, 0.5) is 0 Å². The summed E-state index contributed by atoms with van der Waals surface area (Å²) in [6.45, 7) is 17.4. The number of rotatable bonds is 12. The fourth-order valence-electron chi connectivity index (χ4n) is 3.57. The Morgan fingerprint density at radius 2 is 1.89 bits per heavy atom. The predicted octanol–water partition coefficient (Wildman–Crippen LogP) is 6.97. The van der Waals surface area contributed by atoms with Gasteiger partial charge in [-0.3, -0.25) is 0 Å². The summed E-state index contributed by atoms with van der Waals surface area (Å²) in [6.07, 6.45) is 18.5. The number of allylic oxidation sites excluding steroid dienone is 5. The predicted molar refractivity (Wildman–Crippen MR) is 148 cm³/mol. The third-order valence-electron chi connectivity index (χ3n) is 7.45. The van der Waals surface area contributed by atoms with Gasteiger partial charge in [0.25, 0.3) is 0 Å². The number of oxazole rings is 1. The Balaban J connectivity index is 1.87. The number of methoxy groups -OCH3 is 1. The molecule has 200 valence electrons. The van der Waals surface area contributed by atoms with Gasteiger partial charge in [-0.2, -0.15) is 0 Å². The SMILES string of the molecule is C/C=C/C(O[Si](C)(C)C(C)(C)C)C(C)(C)C(O)C/C=C\[C@H]1C[C@H]1/C=C/C=C\c1nc(C(=O)OC)co1. The Labute approximate surface area is 218 Å². The molecule has 1 N–H and O–H groups in total. The minimum absolute atomic E-state index is 0.109. The molecule has 2 rings (SSSR count). The minimum Gasteiger partial charge on any atom is -0.464 e. The van der Waals surface area contributed by atoms with E-state index in [1.165, 1.54) is 13.4 Å². The smallest absolute Gasteiger partial charge is 0.360 e. The van der Waals surface area contributed by atoms with Crippen LogP contribution in [0.1, 0.15) is 70.8 Å². The fourth-order valence-corrected chi connectivity index (χ4v) is 4.94. The van der Waals surface area contributed by atoms with Crippen LogP contribution >= 0.6 is 0 Å². The van der Waals surface area contributed by atoms with E-state index in [0.29, 0.717) is 24.1 Å². The number of hydrogen-bond donors (Lipinski definition) is 1. The summed E-state index contributed by atoms with van der Waals surface area (Å²) in [6, 6.07) is 0. The van der Waals surface area contributed by atoms with Crippen molar-refractivity contribution in [2.24, 2.45) is 17.3 Å². The van der Waals surface area contributed by atoms with E-state index in [9.17, 15) is 9.90 Å². The van der Waals surface area contributed by atoms with Crippen LogP contribution in [-0.2, 0) is 9.16 Å². The van der Waals surface area contributed by atoms with E-state index in [4.69, 9.17) is 8.84 Å². The van der Waals surface area contributed by atoms with E-state index in [-0.39, 0.29) is 16.8 Å². The summed E-state index contributed by atoms with van der Waals surface area (Å²) in [5, 5.41) is 11.2. The fraction of sp³-hybridized carbons (Fsp3) is 0.586. The van der Waals surface area contributed by atoms with Crippen LogP contribution in [0.25, 0.3) is 6.08 Å². The Kier molecular flexibility index (Phi) is 10.3.